The van der Waals surface area contributed by atoms with E-state index >= 15 is 0 Å². The molecule has 0 N–H and O–H groups in total. The van der Waals surface area contributed by atoms with Crippen LogP contribution in [-0.4, -0.2) is 21.5 Å². The maximum atomic E-state index is 12.9. The number of anilines is 1. The van der Waals surface area contributed by atoms with Gasteiger partial charge in [-0.15, -0.1) is 0 Å². The Kier molecular flexibility index (Phi) is 5.12. The van der Waals surface area contributed by atoms with Crippen molar-refractivity contribution < 1.29 is 14.3 Å². The molecule has 1 saturated heterocycles. The highest BCUT2D eigenvalue weighted by Crippen LogP contribution is 2.44. The predicted octanol–water partition coefficient (Wildman–Crippen LogP) is 5.21. The zero-order valence-corrected chi connectivity index (χ0v) is 17.9. The average Bonchev–Trinajstić information content (AvgIpc) is 2.87. The van der Waals surface area contributed by atoms with E-state index in [0.29, 0.717) is 24.3 Å². The molecule has 0 radical (unpaired) electrons. The molecule has 27 heavy (non-hydrogen) atoms. The summed E-state index contributed by atoms with van der Waals surface area (Å²) in [5.41, 5.74) is 1.73. The van der Waals surface area contributed by atoms with Gasteiger partial charge in [-0.05, 0) is 61.7 Å². The number of nitrogens with zero attached hydrogens (tertiary/aromatic N) is 1. The number of rotatable bonds is 3. The summed E-state index contributed by atoms with van der Waals surface area (Å²) < 4.78 is 5.85. The van der Waals surface area contributed by atoms with Gasteiger partial charge in [0, 0.05) is 9.65 Å². The SMILES string of the molecule is Cc1cccc(Oc2ccc(N3C(=O)[C@H]4C[C@H](Br)[C@@H](Br)C[C@H]4C3=O)cc2)c1. The number of fused-ring (bicyclic) bond motifs is 1. The van der Waals surface area contributed by atoms with Gasteiger partial charge in [0.15, 0.2) is 0 Å². The number of amides is 2. The average molecular weight is 493 g/mol. The highest BCUT2D eigenvalue weighted by atomic mass is 79.9. The smallest absolute Gasteiger partial charge is 0.237 e. The number of carbonyl (C=O) groups is 2. The van der Waals surface area contributed by atoms with Gasteiger partial charge in [-0.3, -0.25) is 14.5 Å². The van der Waals surface area contributed by atoms with Crippen molar-refractivity contribution in [3.05, 3.63) is 54.1 Å². The van der Waals surface area contributed by atoms with Crippen molar-refractivity contribution in [3.63, 3.8) is 0 Å². The third kappa shape index (κ3) is 3.57. The van der Waals surface area contributed by atoms with Crippen LogP contribution >= 0.6 is 31.9 Å². The highest BCUT2D eigenvalue weighted by Gasteiger charge is 2.52. The molecule has 4 nitrogen and oxygen atoms in total. The number of ether oxygens (including phenoxy) is 1. The number of hydrogen-bond acceptors (Lipinski definition) is 3. The minimum absolute atomic E-state index is 0.0961. The van der Waals surface area contributed by atoms with Crippen LogP contribution in [0, 0.1) is 18.8 Å². The molecule has 2 aromatic carbocycles. The van der Waals surface area contributed by atoms with Crippen molar-refractivity contribution in [3.8, 4) is 11.5 Å². The molecule has 0 bridgehead atoms. The predicted molar refractivity (Wildman–Crippen MR) is 112 cm³/mol. The van der Waals surface area contributed by atoms with Crippen molar-refractivity contribution in [2.45, 2.75) is 29.4 Å². The van der Waals surface area contributed by atoms with Crippen LogP contribution in [0.4, 0.5) is 5.69 Å². The van der Waals surface area contributed by atoms with Gasteiger partial charge < -0.3 is 4.74 Å². The van der Waals surface area contributed by atoms with Crippen LogP contribution in [0.3, 0.4) is 0 Å². The Labute approximate surface area is 175 Å². The summed E-state index contributed by atoms with van der Waals surface area (Å²) in [5.74, 6) is 0.760. The number of benzene rings is 2. The fourth-order valence-electron chi connectivity index (χ4n) is 3.83. The number of hydrogen-bond donors (Lipinski definition) is 0. The van der Waals surface area contributed by atoms with Gasteiger partial charge in [0.1, 0.15) is 11.5 Å². The van der Waals surface area contributed by atoms with Gasteiger partial charge in [0.25, 0.3) is 0 Å². The first-order valence-corrected chi connectivity index (χ1v) is 10.8. The van der Waals surface area contributed by atoms with Gasteiger partial charge in [-0.25, -0.2) is 0 Å². The first kappa shape index (κ1) is 18.7. The molecule has 140 valence electrons. The maximum Gasteiger partial charge on any atom is 0.237 e. The topological polar surface area (TPSA) is 46.6 Å². The fraction of sp³-hybridized carbons (Fsp3) is 0.333. The van der Waals surface area contributed by atoms with E-state index in [2.05, 4.69) is 31.9 Å². The number of imide groups is 1. The Morgan fingerprint density at radius 2 is 1.48 bits per heavy atom. The largest absolute Gasteiger partial charge is 0.457 e. The van der Waals surface area contributed by atoms with Crippen molar-refractivity contribution in [2.24, 2.45) is 11.8 Å². The molecule has 6 heteroatoms. The lowest BCUT2D eigenvalue weighted by Crippen LogP contribution is -2.34. The van der Waals surface area contributed by atoms with E-state index in [9.17, 15) is 9.59 Å². The van der Waals surface area contributed by atoms with Crippen LogP contribution in [0.5, 0.6) is 11.5 Å². The highest BCUT2D eigenvalue weighted by molar-refractivity contribution is 9.12. The number of halogens is 2. The quantitative estimate of drug-likeness (QED) is 0.436. The Morgan fingerprint density at radius 1 is 0.889 bits per heavy atom. The molecule has 2 fully saturated rings. The van der Waals surface area contributed by atoms with Crippen LogP contribution in [0.1, 0.15) is 18.4 Å². The lowest BCUT2D eigenvalue weighted by atomic mass is 9.81. The minimum Gasteiger partial charge on any atom is -0.457 e. The van der Waals surface area contributed by atoms with E-state index in [-0.39, 0.29) is 33.3 Å². The lowest BCUT2D eigenvalue weighted by Gasteiger charge is -2.29. The Hall–Kier alpha value is -1.66. The fourth-order valence-corrected chi connectivity index (χ4v) is 5.06. The maximum absolute atomic E-state index is 12.9. The summed E-state index contributed by atoms with van der Waals surface area (Å²) in [5, 5.41) is 0. The second-order valence-corrected chi connectivity index (χ2v) is 9.49. The van der Waals surface area contributed by atoms with Crippen molar-refractivity contribution >= 4 is 49.4 Å². The number of carbonyl (C=O) groups excluding carboxylic acids is 2. The zero-order valence-electron chi connectivity index (χ0n) is 14.8. The van der Waals surface area contributed by atoms with E-state index in [0.717, 1.165) is 11.3 Å². The molecule has 2 amide bonds. The third-order valence-electron chi connectivity index (χ3n) is 5.23. The summed E-state index contributed by atoms with van der Waals surface area (Å²) in [6.45, 7) is 2.01. The molecule has 0 aromatic heterocycles. The standard InChI is InChI=1S/C21H19Br2NO3/c1-12-3-2-4-15(9-12)27-14-7-5-13(6-8-14)24-20(25)16-10-18(22)19(23)11-17(16)21(24)26/h2-9,16-19H,10-11H2,1H3/t16-,17+,18-,19-/m0/s1. The second kappa shape index (κ2) is 7.40. The molecule has 1 aliphatic carbocycles. The van der Waals surface area contributed by atoms with Gasteiger partial charge in [0.2, 0.25) is 11.8 Å². The molecule has 2 aromatic rings. The summed E-state index contributed by atoms with van der Waals surface area (Å²) in [7, 11) is 0. The lowest BCUT2D eigenvalue weighted by molar-refractivity contribution is -0.122. The van der Waals surface area contributed by atoms with Crippen LogP contribution in [-0.2, 0) is 9.59 Å². The second-order valence-electron chi connectivity index (χ2n) is 7.14. The summed E-state index contributed by atoms with van der Waals surface area (Å²) >= 11 is 7.23. The molecule has 1 saturated carbocycles. The molecular weight excluding hydrogens is 474 g/mol. The molecule has 1 aliphatic heterocycles. The molecule has 0 spiro atoms. The molecule has 1 heterocycles. The summed E-state index contributed by atoms with van der Waals surface area (Å²) in [6.07, 6.45) is 1.35. The first-order chi connectivity index (χ1) is 12.9. The number of alkyl halides is 2. The van der Waals surface area contributed by atoms with Crippen LogP contribution in [0.25, 0.3) is 0 Å². The van der Waals surface area contributed by atoms with Gasteiger partial charge in [0.05, 0.1) is 17.5 Å². The summed E-state index contributed by atoms with van der Waals surface area (Å²) in [6, 6.07) is 14.9. The molecular formula is C21H19Br2NO3. The van der Waals surface area contributed by atoms with Crippen LogP contribution < -0.4 is 9.64 Å². The molecule has 4 rings (SSSR count). The van der Waals surface area contributed by atoms with Crippen molar-refractivity contribution in [2.75, 3.05) is 4.90 Å². The molecule has 4 atom stereocenters. The Morgan fingerprint density at radius 3 is 2.04 bits per heavy atom. The van der Waals surface area contributed by atoms with Crippen LogP contribution in [0.15, 0.2) is 48.5 Å². The minimum atomic E-state index is -0.237. The number of aryl methyl sites for hydroxylation is 1. The van der Waals surface area contributed by atoms with E-state index in [1.54, 1.807) is 24.3 Å². The Balaban J connectivity index is 1.53. The van der Waals surface area contributed by atoms with Gasteiger partial charge in [-0.2, -0.15) is 0 Å². The summed E-state index contributed by atoms with van der Waals surface area (Å²) in [4.78, 5) is 27.5. The van der Waals surface area contributed by atoms with Crippen molar-refractivity contribution in [1.82, 2.24) is 0 Å². The van der Waals surface area contributed by atoms with Crippen molar-refractivity contribution in [1.29, 1.82) is 0 Å². The zero-order chi connectivity index (χ0) is 19.1. The monoisotopic (exact) mass is 491 g/mol. The normalized spacial score (nSPS) is 27.6. The van der Waals surface area contributed by atoms with E-state index < -0.39 is 0 Å². The third-order valence-corrected chi connectivity index (χ3v) is 7.97. The molecule has 0 unspecified atom stereocenters. The molecule has 2 aliphatic rings. The Bertz CT molecular complexity index is 855. The van der Waals surface area contributed by atoms with E-state index in [1.807, 2.05) is 31.2 Å². The van der Waals surface area contributed by atoms with E-state index in [1.165, 1.54) is 4.90 Å². The van der Waals surface area contributed by atoms with E-state index in [4.69, 9.17) is 4.74 Å². The van der Waals surface area contributed by atoms with Crippen LogP contribution in [0.2, 0.25) is 0 Å². The van der Waals surface area contributed by atoms with Gasteiger partial charge in [-0.1, -0.05) is 44.0 Å². The first-order valence-electron chi connectivity index (χ1n) is 8.94. The van der Waals surface area contributed by atoms with Gasteiger partial charge >= 0.3 is 0 Å².